The number of esters is 1. The first-order valence-corrected chi connectivity index (χ1v) is 15.3. The molecule has 2 heterocycles. The molecule has 10 heteroatoms. The molecule has 3 aromatic rings. The highest BCUT2D eigenvalue weighted by Gasteiger charge is 2.26. The molecule has 2 aromatic heterocycles. The summed E-state index contributed by atoms with van der Waals surface area (Å²) in [5.41, 5.74) is 2.24. The molecule has 0 saturated heterocycles. The van der Waals surface area contributed by atoms with Gasteiger partial charge in [0.1, 0.15) is 11.6 Å². The van der Waals surface area contributed by atoms with Crippen LogP contribution >= 0.6 is 11.6 Å². The molecular weight excluding hydrogens is 542 g/mol. The van der Waals surface area contributed by atoms with Crippen molar-refractivity contribution < 1.29 is 19.1 Å². The predicted molar refractivity (Wildman–Crippen MR) is 163 cm³/mol. The number of nitrogens with one attached hydrogen (secondary N) is 2. The van der Waals surface area contributed by atoms with Gasteiger partial charge in [0.15, 0.2) is 11.5 Å². The standard InChI is InChI=1S/C31H46ClN5O4/c1-6-7-8-9-10-11-12-13-14-17-20-40-29(38)22(2)21-41-30(39)33-24-19-16-15-18-23(24)27-34-28-25(32)26(31(3,4)5)35-37(28)36-27/h15-16,18-19,22H,6-14,17,20-21H2,1-5H3,(H,33,39)(H,34,36). The smallest absolute Gasteiger partial charge is 0.411 e. The van der Waals surface area contributed by atoms with Crippen LogP contribution in [0, 0.1) is 5.92 Å². The van der Waals surface area contributed by atoms with Gasteiger partial charge in [-0.05, 0) is 25.5 Å². The Balaban J connectivity index is 1.41. The number of hydrogen-bond acceptors (Lipinski definition) is 6. The van der Waals surface area contributed by atoms with E-state index in [9.17, 15) is 9.59 Å². The summed E-state index contributed by atoms with van der Waals surface area (Å²) in [6.45, 7) is 10.3. The highest BCUT2D eigenvalue weighted by Crippen LogP contribution is 2.33. The van der Waals surface area contributed by atoms with Crippen LogP contribution in [0.25, 0.3) is 17.0 Å². The first-order valence-electron chi connectivity index (χ1n) is 15.0. The summed E-state index contributed by atoms with van der Waals surface area (Å²) < 4.78 is 12.2. The van der Waals surface area contributed by atoms with Gasteiger partial charge in [-0.25, -0.2) is 4.79 Å². The number of carbonyl (C=O) groups excluding carboxylic acids is 2. The number of anilines is 1. The normalized spacial score (nSPS) is 12.4. The monoisotopic (exact) mass is 587 g/mol. The summed E-state index contributed by atoms with van der Waals surface area (Å²) in [5, 5.41) is 12.3. The molecule has 1 atom stereocenters. The van der Waals surface area contributed by atoms with E-state index in [4.69, 9.17) is 21.1 Å². The molecular formula is C31H46ClN5O4. The quantitative estimate of drug-likeness (QED) is 0.129. The van der Waals surface area contributed by atoms with Crippen molar-refractivity contribution in [3.8, 4) is 11.4 Å². The molecule has 0 aliphatic rings. The number of nitrogens with zero attached hydrogens (tertiary/aromatic N) is 3. The van der Waals surface area contributed by atoms with Crippen LogP contribution in [-0.2, 0) is 19.7 Å². The second-order valence-electron chi connectivity index (χ2n) is 11.7. The summed E-state index contributed by atoms with van der Waals surface area (Å²) in [6, 6.07) is 7.20. The number of aromatic nitrogens is 4. The zero-order valence-electron chi connectivity index (χ0n) is 25.2. The topological polar surface area (TPSA) is 111 Å². The molecule has 1 aromatic carbocycles. The molecule has 3 rings (SSSR count). The molecule has 1 amide bonds. The van der Waals surface area contributed by atoms with Crippen LogP contribution in [0.4, 0.5) is 10.5 Å². The molecule has 0 fully saturated rings. The lowest BCUT2D eigenvalue weighted by molar-refractivity contribution is -0.149. The second-order valence-corrected chi connectivity index (χ2v) is 12.1. The molecule has 0 aliphatic carbocycles. The van der Waals surface area contributed by atoms with Crippen LogP contribution in [0.15, 0.2) is 24.3 Å². The minimum Gasteiger partial charge on any atom is -0.465 e. The third kappa shape index (κ3) is 9.76. The minimum absolute atomic E-state index is 0.0787. The number of unbranched alkanes of at least 4 members (excludes halogenated alkanes) is 9. The Hall–Kier alpha value is -3.07. The van der Waals surface area contributed by atoms with Gasteiger partial charge in [-0.3, -0.25) is 10.1 Å². The van der Waals surface area contributed by atoms with Crippen LogP contribution in [0.1, 0.15) is 105 Å². The van der Waals surface area contributed by atoms with Crippen molar-refractivity contribution >= 4 is 35.0 Å². The zero-order valence-corrected chi connectivity index (χ0v) is 26.0. The molecule has 1 unspecified atom stereocenters. The van der Waals surface area contributed by atoms with Crippen molar-refractivity contribution in [2.75, 3.05) is 18.5 Å². The third-order valence-corrected chi connectivity index (χ3v) is 7.34. The van der Waals surface area contributed by atoms with E-state index in [1.165, 1.54) is 56.0 Å². The lowest BCUT2D eigenvalue weighted by Gasteiger charge is -2.15. The fraction of sp³-hybridized carbons (Fsp3) is 0.613. The van der Waals surface area contributed by atoms with Gasteiger partial charge >= 0.3 is 12.1 Å². The number of carbonyl (C=O) groups is 2. The number of hydrogen-bond donors (Lipinski definition) is 2. The van der Waals surface area contributed by atoms with Crippen molar-refractivity contribution in [2.45, 2.75) is 104 Å². The molecule has 2 N–H and O–H groups in total. The number of amides is 1. The number of H-pyrrole nitrogens is 1. The van der Waals surface area contributed by atoms with Crippen LogP contribution in [0.3, 0.4) is 0 Å². The second kappa shape index (κ2) is 15.8. The summed E-state index contributed by atoms with van der Waals surface area (Å²) in [5.74, 6) is -0.426. The van der Waals surface area contributed by atoms with Crippen molar-refractivity contribution in [2.24, 2.45) is 5.92 Å². The highest BCUT2D eigenvalue weighted by molar-refractivity contribution is 6.34. The first kappa shape index (κ1) is 32.4. The zero-order chi connectivity index (χ0) is 29.8. The van der Waals surface area contributed by atoms with Crippen molar-refractivity contribution in [3.05, 3.63) is 35.0 Å². The van der Waals surface area contributed by atoms with Gasteiger partial charge < -0.3 is 14.5 Å². The van der Waals surface area contributed by atoms with E-state index in [2.05, 4.69) is 27.4 Å². The summed E-state index contributed by atoms with van der Waals surface area (Å²) >= 11 is 6.56. The van der Waals surface area contributed by atoms with Crippen LogP contribution in [0.5, 0.6) is 0 Å². The van der Waals surface area contributed by atoms with Gasteiger partial charge in [0, 0.05) is 11.0 Å². The van der Waals surface area contributed by atoms with E-state index in [0.717, 1.165) is 18.5 Å². The van der Waals surface area contributed by atoms with Crippen LogP contribution < -0.4 is 5.32 Å². The Morgan fingerprint density at radius 3 is 2.24 bits per heavy atom. The summed E-state index contributed by atoms with van der Waals surface area (Å²) in [7, 11) is 0. The van der Waals surface area contributed by atoms with Crippen molar-refractivity contribution in [3.63, 3.8) is 0 Å². The van der Waals surface area contributed by atoms with E-state index >= 15 is 0 Å². The molecule has 0 saturated carbocycles. The van der Waals surface area contributed by atoms with Crippen molar-refractivity contribution in [1.29, 1.82) is 0 Å². The first-order chi connectivity index (χ1) is 19.6. The van der Waals surface area contributed by atoms with Crippen LogP contribution in [0.2, 0.25) is 5.02 Å². The van der Waals surface area contributed by atoms with E-state index in [0.29, 0.717) is 34.4 Å². The Bertz CT molecular complexity index is 1260. The van der Waals surface area contributed by atoms with Gasteiger partial charge in [-0.2, -0.15) is 5.10 Å². The number of fused-ring (bicyclic) bond motifs is 1. The number of rotatable bonds is 16. The lowest BCUT2D eigenvalue weighted by Crippen LogP contribution is -2.24. The SMILES string of the molecule is CCCCCCCCCCCCOC(=O)C(C)COC(=O)Nc1ccccc1-c1nn2nc(C(C)(C)C)c(Cl)c2[nH]1. The van der Waals surface area contributed by atoms with Gasteiger partial charge in [0.2, 0.25) is 0 Å². The molecule has 226 valence electrons. The average Bonchev–Trinajstić information content (AvgIpc) is 3.49. The van der Waals surface area contributed by atoms with Gasteiger partial charge in [-0.15, -0.1) is 9.73 Å². The van der Waals surface area contributed by atoms with Gasteiger partial charge in [0.05, 0.1) is 23.9 Å². The maximum Gasteiger partial charge on any atom is 0.411 e. The lowest BCUT2D eigenvalue weighted by atomic mass is 9.92. The number of ether oxygens (including phenoxy) is 2. The Morgan fingerprint density at radius 2 is 1.61 bits per heavy atom. The minimum atomic E-state index is -0.670. The highest BCUT2D eigenvalue weighted by atomic mass is 35.5. The van der Waals surface area contributed by atoms with E-state index in [1.54, 1.807) is 19.1 Å². The fourth-order valence-electron chi connectivity index (χ4n) is 4.52. The molecule has 0 aliphatic heterocycles. The Labute approximate surface area is 248 Å². The number of halogens is 1. The van der Waals surface area contributed by atoms with Gasteiger partial charge in [-0.1, -0.05) is 109 Å². The molecule has 0 spiro atoms. The molecule has 41 heavy (non-hydrogen) atoms. The molecule has 0 bridgehead atoms. The maximum atomic E-state index is 12.6. The average molecular weight is 588 g/mol. The summed E-state index contributed by atoms with van der Waals surface area (Å²) in [4.78, 5) is 28.1. The third-order valence-electron chi connectivity index (χ3n) is 6.98. The molecule has 0 radical (unpaired) electrons. The number of para-hydroxylation sites is 1. The molecule has 9 nitrogen and oxygen atoms in total. The number of benzene rings is 1. The van der Waals surface area contributed by atoms with Crippen LogP contribution in [-0.4, -0.2) is 45.1 Å². The number of aromatic amines is 1. The largest absolute Gasteiger partial charge is 0.465 e. The van der Waals surface area contributed by atoms with E-state index in [1.807, 2.05) is 32.9 Å². The van der Waals surface area contributed by atoms with E-state index in [-0.39, 0.29) is 18.0 Å². The summed E-state index contributed by atoms with van der Waals surface area (Å²) in [6.07, 6.45) is 11.5. The predicted octanol–water partition coefficient (Wildman–Crippen LogP) is 8.32. The van der Waals surface area contributed by atoms with E-state index < -0.39 is 12.0 Å². The Kier molecular flexibility index (Phi) is 12.5. The van der Waals surface area contributed by atoms with Crippen molar-refractivity contribution in [1.82, 2.24) is 19.8 Å². The maximum absolute atomic E-state index is 12.6. The Morgan fingerprint density at radius 1 is 0.976 bits per heavy atom. The van der Waals surface area contributed by atoms with Gasteiger partial charge in [0.25, 0.3) is 0 Å². The fourth-order valence-corrected chi connectivity index (χ4v) is 4.96.